The first-order valence-corrected chi connectivity index (χ1v) is 12.7. The maximum absolute atomic E-state index is 14.5. The van der Waals surface area contributed by atoms with Gasteiger partial charge in [0.1, 0.15) is 22.8 Å². The lowest BCUT2D eigenvalue weighted by atomic mass is 9.93. The average molecular weight is 475 g/mol. The van der Waals surface area contributed by atoms with Crippen molar-refractivity contribution in [1.82, 2.24) is 14.6 Å². The lowest BCUT2D eigenvalue weighted by Crippen LogP contribution is -2.43. The van der Waals surface area contributed by atoms with E-state index in [2.05, 4.69) is 15.2 Å². The predicted molar refractivity (Wildman–Crippen MR) is 122 cm³/mol. The van der Waals surface area contributed by atoms with Crippen LogP contribution in [-0.2, 0) is 22.3 Å². The number of hydrogen-bond donors (Lipinski definition) is 1. The molecule has 33 heavy (non-hydrogen) atoms. The molecule has 0 radical (unpaired) electrons. The van der Waals surface area contributed by atoms with E-state index in [-0.39, 0.29) is 18.3 Å². The van der Waals surface area contributed by atoms with Crippen LogP contribution >= 0.6 is 0 Å². The van der Waals surface area contributed by atoms with Crippen molar-refractivity contribution in [3.63, 3.8) is 0 Å². The lowest BCUT2D eigenvalue weighted by Gasteiger charge is -2.34. The van der Waals surface area contributed by atoms with Crippen LogP contribution in [0, 0.1) is 17.0 Å². The number of pyridine rings is 1. The third-order valence-corrected chi connectivity index (χ3v) is 8.73. The van der Waals surface area contributed by atoms with Gasteiger partial charge in [-0.15, -0.1) is 0 Å². The third kappa shape index (κ3) is 4.80. The predicted octanol–water partition coefficient (Wildman–Crippen LogP) is 3.54. The van der Waals surface area contributed by atoms with Crippen LogP contribution in [0.25, 0.3) is 0 Å². The first kappa shape index (κ1) is 22.4. The Hall–Kier alpha value is -2.39. The summed E-state index contributed by atoms with van der Waals surface area (Å²) in [5, 5.41) is 2.88. The summed E-state index contributed by atoms with van der Waals surface area (Å²) < 4.78 is 42.2. The molecule has 0 bridgehead atoms. The van der Waals surface area contributed by atoms with Gasteiger partial charge >= 0.3 is 0 Å². The highest BCUT2D eigenvalue weighted by Gasteiger charge is 2.44. The molecule has 6 nitrogen and oxygen atoms in total. The second kappa shape index (κ2) is 9.10. The molecule has 2 aromatic rings. The van der Waals surface area contributed by atoms with Gasteiger partial charge in [-0.1, -0.05) is 0 Å². The van der Waals surface area contributed by atoms with Gasteiger partial charge in [0.15, 0.2) is 5.82 Å². The Kier molecular flexibility index (Phi) is 6.18. The highest BCUT2D eigenvalue weighted by molar-refractivity contribution is 7.82. The summed E-state index contributed by atoms with van der Waals surface area (Å²) in [6, 6.07) is 6.69. The molecule has 3 aliphatic rings. The average Bonchev–Trinajstić information content (AvgIpc) is 3.39. The van der Waals surface area contributed by atoms with E-state index in [0.717, 1.165) is 32.4 Å². The van der Waals surface area contributed by atoms with E-state index < -0.39 is 22.8 Å². The number of amides is 1. The SMILES string of the molecule is O=C(NCc1cc(N2CCC3(CC2)CC3)c(F)cn1)C1CCCN1S(=O)c1ccc(F)cc1. The zero-order valence-corrected chi connectivity index (χ0v) is 19.3. The molecule has 3 heterocycles. The van der Waals surface area contributed by atoms with Gasteiger partial charge in [-0.05, 0) is 74.3 Å². The molecule has 2 saturated heterocycles. The van der Waals surface area contributed by atoms with Crippen LogP contribution in [0.4, 0.5) is 14.5 Å². The number of nitrogens with one attached hydrogen (secondary N) is 1. The molecule has 3 fully saturated rings. The first-order valence-electron chi connectivity index (χ1n) is 11.6. The van der Waals surface area contributed by atoms with E-state index in [1.54, 1.807) is 10.4 Å². The van der Waals surface area contributed by atoms with Gasteiger partial charge in [-0.2, -0.15) is 0 Å². The number of anilines is 1. The van der Waals surface area contributed by atoms with Crippen molar-refractivity contribution in [3.8, 4) is 0 Å². The number of halogens is 2. The van der Waals surface area contributed by atoms with Crippen LogP contribution in [0.5, 0.6) is 0 Å². The summed E-state index contributed by atoms with van der Waals surface area (Å²) in [6.45, 7) is 2.40. The highest BCUT2D eigenvalue weighted by atomic mass is 32.2. The number of carbonyl (C=O) groups is 1. The second-order valence-electron chi connectivity index (χ2n) is 9.33. The molecule has 2 unspecified atom stereocenters. The summed E-state index contributed by atoms with van der Waals surface area (Å²) in [5.74, 6) is -0.966. The summed E-state index contributed by atoms with van der Waals surface area (Å²) in [7, 11) is -1.54. The number of benzene rings is 1. The minimum Gasteiger partial charge on any atom is -0.369 e. The van der Waals surface area contributed by atoms with E-state index in [1.165, 1.54) is 43.3 Å². The molecule has 176 valence electrons. The summed E-state index contributed by atoms with van der Waals surface area (Å²) in [5.41, 5.74) is 1.65. The maximum Gasteiger partial charge on any atom is 0.238 e. The van der Waals surface area contributed by atoms with Gasteiger partial charge in [0, 0.05) is 19.6 Å². The Balaban J connectivity index is 1.21. The van der Waals surface area contributed by atoms with Crippen LogP contribution in [0.3, 0.4) is 0 Å². The zero-order chi connectivity index (χ0) is 23.0. The Morgan fingerprint density at radius 2 is 1.85 bits per heavy atom. The van der Waals surface area contributed by atoms with Crippen LogP contribution in [0.15, 0.2) is 41.4 Å². The van der Waals surface area contributed by atoms with E-state index in [9.17, 15) is 17.8 Å². The van der Waals surface area contributed by atoms with Crippen LogP contribution in [0.2, 0.25) is 0 Å². The fourth-order valence-electron chi connectivity index (χ4n) is 4.89. The molecule has 1 amide bonds. The van der Waals surface area contributed by atoms with Crippen molar-refractivity contribution in [2.45, 2.75) is 56.0 Å². The van der Waals surface area contributed by atoms with Gasteiger partial charge in [0.25, 0.3) is 0 Å². The monoisotopic (exact) mass is 474 g/mol. The number of rotatable bonds is 6. The fourth-order valence-corrected chi connectivity index (χ4v) is 6.26. The highest BCUT2D eigenvalue weighted by Crippen LogP contribution is 2.54. The van der Waals surface area contributed by atoms with E-state index >= 15 is 0 Å². The molecule has 1 spiro atoms. The standard InChI is InChI=1S/C24H28F2N4O2S/c25-17-3-5-19(6-4-17)33(32)30-11-1-2-21(30)23(31)28-15-18-14-22(20(26)16-27-18)29-12-9-24(7-8-24)10-13-29/h3-6,14,16,21H,1-2,7-13,15H2,(H,28,31). The molecule has 9 heteroatoms. The molecule has 1 aromatic heterocycles. The lowest BCUT2D eigenvalue weighted by molar-refractivity contribution is -0.124. The molecular weight excluding hydrogens is 446 g/mol. The largest absolute Gasteiger partial charge is 0.369 e. The quantitative estimate of drug-likeness (QED) is 0.696. The summed E-state index contributed by atoms with van der Waals surface area (Å²) in [6.07, 6.45) is 7.36. The molecule has 1 saturated carbocycles. The zero-order valence-electron chi connectivity index (χ0n) is 18.4. The molecule has 5 rings (SSSR count). The van der Waals surface area contributed by atoms with Crippen molar-refractivity contribution in [2.75, 3.05) is 24.5 Å². The minimum absolute atomic E-state index is 0.178. The van der Waals surface area contributed by atoms with E-state index in [1.807, 2.05) is 0 Å². The smallest absolute Gasteiger partial charge is 0.238 e. The van der Waals surface area contributed by atoms with Crippen molar-refractivity contribution in [1.29, 1.82) is 0 Å². The third-order valence-electron chi connectivity index (χ3n) is 7.19. The van der Waals surface area contributed by atoms with Crippen molar-refractivity contribution in [3.05, 3.63) is 53.9 Å². The Bertz CT molecular complexity index is 1050. The number of aromatic nitrogens is 1. The Morgan fingerprint density at radius 1 is 1.12 bits per heavy atom. The summed E-state index contributed by atoms with van der Waals surface area (Å²) >= 11 is 0. The van der Waals surface area contributed by atoms with Gasteiger partial charge in [0.05, 0.1) is 29.0 Å². The van der Waals surface area contributed by atoms with Gasteiger partial charge in [0.2, 0.25) is 5.91 Å². The molecule has 2 atom stereocenters. The van der Waals surface area contributed by atoms with Crippen molar-refractivity contribution < 1.29 is 17.8 Å². The first-order chi connectivity index (χ1) is 15.9. The number of piperidine rings is 1. The number of nitrogens with zero attached hydrogens (tertiary/aromatic N) is 3. The van der Waals surface area contributed by atoms with Crippen LogP contribution < -0.4 is 10.2 Å². The van der Waals surface area contributed by atoms with E-state index in [0.29, 0.717) is 34.7 Å². The van der Waals surface area contributed by atoms with E-state index in [4.69, 9.17) is 0 Å². The minimum atomic E-state index is -1.54. The number of carbonyl (C=O) groups excluding carboxylic acids is 1. The summed E-state index contributed by atoms with van der Waals surface area (Å²) in [4.78, 5) is 19.6. The number of hydrogen-bond acceptors (Lipinski definition) is 4. The topological polar surface area (TPSA) is 65.5 Å². The van der Waals surface area contributed by atoms with Crippen LogP contribution in [-0.4, -0.2) is 45.1 Å². The molecular formula is C24H28F2N4O2S. The van der Waals surface area contributed by atoms with Gasteiger partial charge in [-0.25, -0.2) is 17.3 Å². The molecule has 1 N–H and O–H groups in total. The molecule has 1 aliphatic carbocycles. The normalized spacial score (nSPS) is 23.0. The van der Waals surface area contributed by atoms with Crippen LogP contribution in [0.1, 0.15) is 44.2 Å². The van der Waals surface area contributed by atoms with Gasteiger partial charge in [-0.3, -0.25) is 9.78 Å². The second-order valence-corrected chi connectivity index (χ2v) is 10.8. The Morgan fingerprint density at radius 3 is 2.55 bits per heavy atom. The van der Waals surface area contributed by atoms with Crippen molar-refractivity contribution in [2.24, 2.45) is 5.41 Å². The van der Waals surface area contributed by atoms with Crippen molar-refractivity contribution >= 4 is 22.6 Å². The Labute approximate surface area is 195 Å². The molecule has 2 aliphatic heterocycles. The van der Waals surface area contributed by atoms with Gasteiger partial charge < -0.3 is 10.2 Å². The maximum atomic E-state index is 14.5. The fraction of sp³-hybridized carbons (Fsp3) is 0.500. The molecule has 1 aromatic carbocycles.